The van der Waals surface area contributed by atoms with Crippen LogP contribution in [0.3, 0.4) is 0 Å². The molecule has 2 aromatic rings. The molecule has 0 bridgehead atoms. The second-order valence-corrected chi connectivity index (χ2v) is 5.87. The fourth-order valence-corrected chi connectivity index (χ4v) is 2.43. The molecule has 3 heteroatoms. The van der Waals surface area contributed by atoms with Crippen LogP contribution in [-0.4, -0.2) is 12.5 Å². The Morgan fingerprint density at radius 3 is 2.48 bits per heavy atom. The van der Waals surface area contributed by atoms with E-state index in [9.17, 15) is 4.79 Å². The van der Waals surface area contributed by atoms with Crippen molar-refractivity contribution < 1.29 is 9.53 Å². The van der Waals surface area contributed by atoms with E-state index in [1.807, 2.05) is 39.0 Å². The Morgan fingerprint density at radius 2 is 1.83 bits per heavy atom. The van der Waals surface area contributed by atoms with Crippen molar-refractivity contribution in [2.24, 2.45) is 0 Å². The fourth-order valence-electron chi connectivity index (χ4n) is 2.43. The van der Waals surface area contributed by atoms with Crippen molar-refractivity contribution in [2.45, 2.75) is 40.2 Å². The highest BCUT2D eigenvalue weighted by atomic mass is 16.5. The summed E-state index contributed by atoms with van der Waals surface area (Å²) in [7, 11) is 0. The fraction of sp³-hybridized carbons (Fsp3) is 0.350. The van der Waals surface area contributed by atoms with Crippen molar-refractivity contribution in [3.05, 3.63) is 64.7 Å². The van der Waals surface area contributed by atoms with Crippen molar-refractivity contribution in [3.8, 4) is 5.75 Å². The minimum atomic E-state index is -0.113. The maximum Gasteiger partial charge on any atom is 0.258 e. The second-order valence-electron chi connectivity index (χ2n) is 5.87. The molecule has 0 radical (unpaired) electrons. The number of nitrogens with one attached hydrogen (secondary N) is 1. The monoisotopic (exact) mass is 311 g/mol. The van der Waals surface area contributed by atoms with Crippen LogP contribution in [0.2, 0.25) is 0 Å². The van der Waals surface area contributed by atoms with Gasteiger partial charge in [0.2, 0.25) is 0 Å². The first-order valence-electron chi connectivity index (χ1n) is 8.08. The van der Waals surface area contributed by atoms with E-state index in [2.05, 4.69) is 36.5 Å². The van der Waals surface area contributed by atoms with Gasteiger partial charge in [-0.05, 0) is 55.5 Å². The molecule has 0 aromatic heterocycles. The van der Waals surface area contributed by atoms with Crippen molar-refractivity contribution in [3.63, 3.8) is 0 Å². The first-order chi connectivity index (χ1) is 11.0. The van der Waals surface area contributed by atoms with Crippen LogP contribution in [0.1, 0.15) is 42.1 Å². The maximum absolute atomic E-state index is 12.1. The van der Waals surface area contributed by atoms with Crippen molar-refractivity contribution in [1.82, 2.24) is 5.32 Å². The van der Waals surface area contributed by atoms with Crippen LogP contribution < -0.4 is 10.1 Å². The van der Waals surface area contributed by atoms with Crippen LogP contribution in [0.25, 0.3) is 0 Å². The molecule has 0 heterocycles. The normalized spacial score (nSPS) is 11.8. The minimum Gasteiger partial charge on any atom is -0.483 e. The van der Waals surface area contributed by atoms with Crippen LogP contribution in [0.15, 0.2) is 42.5 Å². The molecule has 0 unspecified atom stereocenters. The molecule has 1 atom stereocenters. The first-order valence-corrected chi connectivity index (χ1v) is 8.08. The Balaban J connectivity index is 1.89. The number of hydrogen-bond acceptors (Lipinski definition) is 2. The largest absolute Gasteiger partial charge is 0.483 e. The van der Waals surface area contributed by atoms with Gasteiger partial charge in [0.1, 0.15) is 5.75 Å². The zero-order valence-corrected chi connectivity index (χ0v) is 14.3. The molecule has 0 saturated heterocycles. The number of benzene rings is 2. The van der Waals surface area contributed by atoms with Gasteiger partial charge in [0.25, 0.3) is 5.91 Å². The SMILES string of the molecule is CCc1ccc([C@H](C)NC(=O)COc2cccc(C)c2C)cc1. The van der Waals surface area contributed by atoms with Gasteiger partial charge < -0.3 is 10.1 Å². The Hall–Kier alpha value is -2.29. The van der Waals surface area contributed by atoms with Crippen LogP contribution in [0.5, 0.6) is 5.75 Å². The topological polar surface area (TPSA) is 38.3 Å². The predicted octanol–water partition coefficient (Wildman–Crippen LogP) is 4.12. The van der Waals surface area contributed by atoms with Gasteiger partial charge in [0, 0.05) is 0 Å². The standard InChI is InChI=1S/C20H25NO2/c1-5-17-9-11-18(12-10-17)16(4)21-20(22)13-23-19-8-6-7-14(2)15(19)3/h6-12,16H,5,13H2,1-4H3,(H,21,22)/t16-/m0/s1. The Kier molecular flexibility index (Phi) is 5.80. The van der Waals surface area contributed by atoms with Gasteiger partial charge in [-0.2, -0.15) is 0 Å². The summed E-state index contributed by atoms with van der Waals surface area (Å²) in [6, 6.07) is 14.2. The molecular formula is C20H25NO2. The van der Waals surface area contributed by atoms with Gasteiger partial charge in [-0.1, -0.05) is 43.3 Å². The molecule has 0 fully saturated rings. The highest BCUT2D eigenvalue weighted by molar-refractivity contribution is 5.78. The number of carbonyl (C=O) groups excluding carboxylic acids is 1. The lowest BCUT2D eigenvalue weighted by molar-refractivity contribution is -0.123. The lowest BCUT2D eigenvalue weighted by Crippen LogP contribution is -2.31. The minimum absolute atomic E-state index is 0.0294. The van der Waals surface area contributed by atoms with Gasteiger partial charge in [-0.25, -0.2) is 0 Å². The average Bonchev–Trinajstić information content (AvgIpc) is 2.56. The molecule has 122 valence electrons. The molecule has 2 aromatic carbocycles. The molecule has 0 aliphatic rings. The molecule has 2 rings (SSSR count). The average molecular weight is 311 g/mol. The Labute approximate surface area is 138 Å². The lowest BCUT2D eigenvalue weighted by atomic mass is 10.1. The number of rotatable bonds is 6. The predicted molar refractivity (Wildman–Crippen MR) is 93.8 cm³/mol. The smallest absolute Gasteiger partial charge is 0.258 e. The van der Waals surface area contributed by atoms with Crippen LogP contribution >= 0.6 is 0 Å². The summed E-state index contributed by atoms with van der Waals surface area (Å²) in [5, 5.41) is 2.97. The summed E-state index contributed by atoms with van der Waals surface area (Å²) in [5.74, 6) is 0.651. The van der Waals surface area contributed by atoms with Crippen LogP contribution in [-0.2, 0) is 11.2 Å². The second kappa shape index (κ2) is 7.82. The third kappa shape index (κ3) is 4.59. The number of aryl methyl sites for hydroxylation is 2. The van der Waals surface area contributed by atoms with E-state index in [4.69, 9.17) is 4.74 Å². The summed E-state index contributed by atoms with van der Waals surface area (Å²) in [6.45, 7) is 8.17. The van der Waals surface area contributed by atoms with Crippen LogP contribution in [0.4, 0.5) is 0 Å². The molecule has 1 N–H and O–H groups in total. The summed E-state index contributed by atoms with van der Waals surface area (Å²) in [4.78, 5) is 12.1. The van der Waals surface area contributed by atoms with Gasteiger partial charge in [0.05, 0.1) is 6.04 Å². The molecule has 0 spiro atoms. The van der Waals surface area contributed by atoms with E-state index in [0.717, 1.165) is 28.9 Å². The highest BCUT2D eigenvalue weighted by Crippen LogP contribution is 2.20. The summed E-state index contributed by atoms with van der Waals surface area (Å²) >= 11 is 0. The van der Waals surface area contributed by atoms with Crippen molar-refractivity contribution >= 4 is 5.91 Å². The van der Waals surface area contributed by atoms with Crippen molar-refractivity contribution in [1.29, 1.82) is 0 Å². The highest BCUT2D eigenvalue weighted by Gasteiger charge is 2.11. The van der Waals surface area contributed by atoms with Crippen LogP contribution in [0, 0.1) is 13.8 Å². The van der Waals surface area contributed by atoms with Gasteiger partial charge in [0.15, 0.2) is 6.61 Å². The Bertz CT molecular complexity index is 662. The van der Waals surface area contributed by atoms with Crippen molar-refractivity contribution in [2.75, 3.05) is 6.61 Å². The third-order valence-electron chi connectivity index (χ3n) is 4.18. The summed E-state index contributed by atoms with van der Waals surface area (Å²) in [6.07, 6.45) is 1.02. The molecule has 0 aliphatic carbocycles. The number of amides is 1. The number of hydrogen-bond donors (Lipinski definition) is 1. The maximum atomic E-state index is 12.1. The van der Waals surface area contributed by atoms with E-state index in [1.165, 1.54) is 5.56 Å². The quantitative estimate of drug-likeness (QED) is 0.871. The third-order valence-corrected chi connectivity index (χ3v) is 4.18. The molecule has 1 amide bonds. The zero-order valence-electron chi connectivity index (χ0n) is 14.3. The lowest BCUT2D eigenvalue weighted by Gasteiger charge is -2.16. The van der Waals surface area contributed by atoms with E-state index in [1.54, 1.807) is 0 Å². The van der Waals surface area contributed by atoms with Gasteiger partial charge in [-0.15, -0.1) is 0 Å². The van der Waals surface area contributed by atoms with E-state index < -0.39 is 0 Å². The zero-order chi connectivity index (χ0) is 16.8. The number of carbonyl (C=O) groups is 1. The molecule has 0 aliphatic heterocycles. The first kappa shape index (κ1) is 17.1. The molecule has 0 saturated carbocycles. The Morgan fingerprint density at radius 1 is 1.13 bits per heavy atom. The summed E-state index contributed by atoms with van der Waals surface area (Å²) in [5.41, 5.74) is 4.63. The van der Waals surface area contributed by atoms with E-state index >= 15 is 0 Å². The molecule has 23 heavy (non-hydrogen) atoms. The van der Waals surface area contributed by atoms with Gasteiger partial charge in [-0.3, -0.25) is 4.79 Å². The molecular weight excluding hydrogens is 286 g/mol. The van der Waals surface area contributed by atoms with E-state index in [-0.39, 0.29) is 18.6 Å². The van der Waals surface area contributed by atoms with Gasteiger partial charge >= 0.3 is 0 Å². The van der Waals surface area contributed by atoms with E-state index in [0.29, 0.717) is 0 Å². The summed E-state index contributed by atoms with van der Waals surface area (Å²) < 4.78 is 5.64. The number of ether oxygens (including phenoxy) is 1. The molecule has 3 nitrogen and oxygen atoms in total.